The average molecular weight is 373 g/mol. The monoisotopic (exact) mass is 373 g/mol. The van der Waals surface area contributed by atoms with Gasteiger partial charge < -0.3 is 14.4 Å². The highest BCUT2D eigenvalue weighted by Gasteiger charge is 2.37. The Morgan fingerprint density at radius 2 is 2.00 bits per heavy atom. The Morgan fingerprint density at radius 1 is 1.23 bits per heavy atom. The molecule has 1 fully saturated rings. The number of aryl methyl sites for hydroxylation is 1. The van der Waals surface area contributed by atoms with Gasteiger partial charge >= 0.3 is 5.97 Å². The van der Waals surface area contributed by atoms with Crippen LogP contribution in [0.4, 0.5) is 5.69 Å². The lowest BCUT2D eigenvalue weighted by Gasteiger charge is -2.19. The van der Waals surface area contributed by atoms with Crippen LogP contribution in [0.5, 0.6) is 5.75 Å². The number of ketones is 1. The van der Waals surface area contributed by atoms with Crippen molar-refractivity contribution in [1.29, 1.82) is 0 Å². The molecule has 0 radical (unpaired) electrons. The van der Waals surface area contributed by atoms with Gasteiger partial charge in [-0.2, -0.15) is 0 Å². The largest absolute Gasteiger partial charge is 0.495 e. The predicted molar refractivity (Wildman–Crippen MR) is 97.8 cm³/mol. The number of benzene rings is 1. The number of hydrogen-bond acceptors (Lipinski definition) is 6. The maximum Gasteiger partial charge on any atom is 0.311 e. The van der Waals surface area contributed by atoms with E-state index in [9.17, 15) is 14.4 Å². The van der Waals surface area contributed by atoms with Gasteiger partial charge in [-0.3, -0.25) is 14.4 Å². The molecule has 26 heavy (non-hydrogen) atoms. The summed E-state index contributed by atoms with van der Waals surface area (Å²) < 4.78 is 10.4. The number of rotatable bonds is 6. The lowest BCUT2D eigenvalue weighted by atomic mass is 10.1. The smallest absolute Gasteiger partial charge is 0.311 e. The number of ether oxygens (including phenoxy) is 2. The van der Waals surface area contributed by atoms with Crippen molar-refractivity contribution in [2.45, 2.75) is 13.3 Å². The maximum atomic E-state index is 12.3. The summed E-state index contributed by atoms with van der Waals surface area (Å²) in [4.78, 5) is 39.8. The number of methoxy groups -OCH3 is 1. The maximum absolute atomic E-state index is 12.3. The molecule has 3 rings (SSSR count). The Bertz CT molecular complexity index is 844. The van der Waals surface area contributed by atoms with E-state index in [1.54, 1.807) is 24.3 Å². The van der Waals surface area contributed by atoms with E-state index in [0.717, 1.165) is 4.88 Å². The molecule has 1 aromatic carbocycles. The second-order valence-corrected chi connectivity index (χ2v) is 7.31. The molecule has 1 aliphatic heterocycles. The number of esters is 1. The van der Waals surface area contributed by atoms with Crippen molar-refractivity contribution in [3.05, 3.63) is 46.2 Å². The van der Waals surface area contributed by atoms with Crippen molar-refractivity contribution in [2.24, 2.45) is 5.92 Å². The van der Waals surface area contributed by atoms with Crippen molar-refractivity contribution in [3.63, 3.8) is 0 Å². The van der Waals surface area contributed by atoms with Gasteiger partial charge in [-0.1, -0.05) is 12.1 Å². The highest BCUT2D eigenvalue weighted by atomic mass is 32.1. The normalized spacial score (nSPS) is 16.6. The minimum absolute atomic E-state index is 0.0587. The van der Waals surface area contributed by atoms with Gasteiger partial charge in [0.05, 0.1) is 23.6 Å². The number of nitrogens with zero attached hydrogens (tertiary/aromatic N) is 1. The molecule has 0 N–H and O–H groups in total. The fraction of sp³-hybridized carbons (Fsp3) is 0.316. The molecule has 1 amide bonds. The van der Waals surface area contributed by atoms with Crippen molar-refractivity contribution in [3.8, 4) is 5.75 Å². The number of anilines is 1. The summed E-state index contributed by atoms with van der Waals surface area (Å²) in [6.45, 7) is 1.81. The predicted octanol–water partition coefficient (Wildman–Crippen LogP) is 2.84. The van der Waals surface area contributed by atoms with Crippen LogP contribution in [0.3, 0.4) is 0 Å². The van der Waals surface area contributed by atoms with Crippen LogP contribution in [0.25, 0.3) is 0 Å². The molecule has 0 saturated carbocycles. The number of para-hydroxylation sites is 2. The zero-order chi connectivity index (χ0) is 18.7. The molecular formula is C19H19NO5S. The molecule has 136 valence electrons. The minimum Gasteiger partial charge on any atom is -0.495 e. The van der Waals surface area contributed by atoms with E-state index in [4.69, 9.17) is 9.47 Å². The first-order valence-corrected chi connectivity index (χ1v) is 9.01. The van der Waals surface area contributed by atoms with Crippen LogP contribution < -0.4 is 9.64 Å². The third-order valence-electron chi connectivity index (χ3n) is 4.20. The average Bonchev–Trinajstić information content (AvgIpc) is 3.25. The van der Waals surface area contributed by atoms with Gasteiger partial charge in [0.15, 0.2) is 6.61 Å². The summed E-state index contributed by atoms with van der Waals surface area (Å²) in [5.74, 6) is -0.959. The van der Waals surface area contributed by atoms with Crippen LogP contribution in [0, 0.1) is 12.8 Å². The van der Waals surface area contributed by atoms with Crippen LogP contribution in [-0.2, 0) is 14.3 Å². The Hall–Kier alpha value is -2.67. The zero-order valence-electron chi connectivity index (χ0n) is 14.6. The van der Waals surface area contributed by atoms with Crippen LogP contribution in [0.15, 0.2) is 36.4 Å². The molecule has 0 unspecified atom stereocenters. The van der Waals surface area contributed by atoms with Crippen molar-refractivity contribution < 1.29 is 23.9 Å². The first-order chi connectivity index (χ1) is 12.5. The van der Waals surface area contributed by atoms with E-state index >= 15 is 0 Å². The van der Waals surface area contributed by atoms with Crippen LogP contribution in [0.2, 0.25) is 0 Å². The summed E-state index contributed by atoms with van der Waals surface area (Å²) in [6, 6.07) is 10.7. The molecular weight excluding hydrogens is 354 g/mol. The second-order valence-electron chi connectivity index (χ2n) is 6.02. The van der Waals surface area contributed by atoms with E-state index in [0.29, 0.717) is 16.3 Å². The minimum atomic E-state index is -0.592. The van der Waals surface area contributed by atoms with Gasteiger partial charge in [-0.15, -0.1) is 11.3 Å². The summed E-state index contributed by atoms with van der Waals surface area (Å²) in [5, 5.41) is 0. The third-order valence-corrected chi connectivity index (χ3v) is 5.24. The molecule has 1 aromatic heterocycles. The number of hydrogen-bond donors (Lipinski definition) is 0. The van der Waals surface area contributed by atoms with Crippen molar-refractivity contribution >= 4 is 34.7 Å². The lowest BCUT2D eigenvalue weighted by Crippen LogP contribution is -2.27. The highest BCUT2D eigenvalue weighted by molar-refractivity contribution is 7.14. The van der Waals surface area contributed by atoms with Crippen molar-refractivity contribution in [1.82, 2.24) is 0 Å². The first-order valence-electron chi connectivity index (χ1n) is 8.19. The zero-order valence-corrected chi connectivity index (χ0v) is 15.4. The molecule has 6 nitrogen and oxygen atoms in total. The van der Waals surface area contributed by atoms with Crippen LogP contribution in [-0.4, -0.2) is 37.9 Å². The van der Waals surface area contributed by atoms with E-state index in [2.05, 4.69) is 0 Å². The molecule has 0 bridgehead atoms. The summed E-state index contributed by atoms with van der Waals surface area (Å²) in [6.07, 6.45) is 0.0587. The molecule has 7 heteroatoms. The Balaban J connectivity index is 1.61. The highest BCUT2D eigenvalue weighted by Crippen LogP contribution is 2.33. The molecule has 0 spiro atoms. The number of amides is 1. The summed E-state index contributed by atoms with van der Waals surface area (Å²) >= 11 is 1.36. The van der Waals surface area contributed by atoms with Gasteiger partial charge in [-0.25, -0.2) is 0 Å². The van der Waals surface area contributed by atoms with E-state index in [1.807, 2.05) is 19.1 Å². The van der Waals surface area contributed by atoms with E-state index < -0.39 is 11.9 Å². The van der Waals surface area contributed by atoms with Crippen molar-refractivity contribution in [2.75, 3.05) is 25.2 Å². The number of carbonyl (C=O) groups is 3. The fourth-order valence-electron chi connectivity index (χ4n) is 2.86. The number of carbonyl (C=O) groups excluding carboxylic acids is 3. The molecule has 1 saturated heterocycles. The van der Waals surface area contributed by atoms with E-state index in [-0.39, 0.29) is 31.3 Å². The van der Waals surface area contributed by atoms with Crippen LogP contribution >= 0.6 is 11.3 Å². The second kappa shape index (κ2) is 7.70. The van der Waals surface area contributed by atoms with Gasteiger partial charge in [0.2, 0.25) is 11.7 Å². The Kier molecular flexibility index (Phi) is 5.37. The lowest BCUT2D eigenvalue weighted by molar-refractivity contribution is -0.147. The van der Waals surface area contributed by atoms with Crippen LogP contribution in [0.1, 0.15) is 21.0 Å². The Morgan fingerprint density at radius 3 is 2.69 bits per heavy atom. The summed E-state index contributed by atoms with van der Waals surface area (Å²) in [7, 11) is 1.53. The molecule has 0 aliphatic carbocycles. The molecule has 1 atom stereocenters. The first kappa shape index (κ1) is 18.1. The third kappa shape index (κ3) is 3.77. The SMILES string of the molecule is COc1ccccc1N1C[C@@H](C(=O)OCC(=O)c2ccc(C)s2)CC1=O. The van der Waals surface area contributed by atoms with Gasteiger partial charge in [0, 0.05) is 17.8 Å². The number of thiophene rings is 1. The molecule has 1 aliphatic rings. The number of Topliss-reactive ketones (excluding diaryl/α,β-unsaturated/α-hetero) is 1. The Labute approximate surface area is 155 Å². The topological polar surface area (TPSA) is 72.9 Å². The standard InChI is InChI=1S/C19H19NO5S/c1-12-7-8-17(26-12)15(21)11-25-19(23)13-9-18(22)20(10-13)14-5-3-4-6-16(14)24-2/h3-8,13H,9-11H2,1-2H3/t13-/m0/s1. The quantitative estimate of drug-likeness (QED) is 0.575. The fourth-order valence-corrected chi connectivity index (χ4v) is 3.65. The summed E-state index contributed by atoms with van der Waals surface area (Å²) in [5.41, 5.74) is 0.625. The van der Waals surface area contributed by atoms with Gasteiger partial charge in [-0.05, 0) is 31.2 Å². The van der Waals surface area contributed by atoms with E-state index in [1.165, 1.54) is 23.3 Å². The van der Waals surface area contributed by atoms with Gasteiger partial charge in [0.1, 0.15) is 5.75 Å². The molecule has 2 heterocycles. The molecule has 2 aromatic rings. The van der Waals surface area contributed by atoms with Gasteiger partial charge in [0.25, 0.3) is 0 Å².